The molecule has 1 unspecified atom stereocenters. The van der Waals surface area contributed by atoms with E-state index >= 15 is 0 Å². The number of aliphatic hydroxyl groups excluding tert-OH is 1. The number of aliphatic hydroxyl groups is 1. The van der Waals surface area contributed by atoms with E-state index in [9.17, 15) is 9.90 Å². The third kappa shape index (κ3) is 5.22. The van der Waals surface area contributed by atoms with E-state index < -0.39 is 0 Å². The smallest absolute Gasteiger partial charge is 0.254 e. The highest BCUT2D eigenvalue weighted by Crippen LogP contribution is 2.56. The summed E-state index contributed by atoms with van der Waals surface area (Å²) < 4.78 is 30.5. The topological polar surface area (TPSA) is 89.9 Å². The van der Waals surface area contributed by atoms with E-state index in [0.29, 0.717) is 58.1 Å². The zero-order valence-corrected chi connectivity index (χ0v) is 25.9. The molecule has 7 rings (SSSR count). The highest BCUT2D eigenvalue weighted by atomic mass is 16.6. The van der Waals surface area contributed by atoms with Crippen LogP contribution in [0.4, 0.5) is 0 Å². The first-order valence-electron chi connectivity index (χ1n) is 15.1. The van der Waals surface area contributed by atoms with Crippen LogP contribution in [0, 0.1) is 0 Å². The van der Waals surface area contributed by atoms with Crippen molar-refractivity contribution in [3.63, 3.8) is 0 Å². The van der Waals surface area contributed by atoms with E-state index in [1.807, 2.05) is 31.3 Å². The Morgan fingerprint density at radius 1 is 0.800 bits per heavy atom. The maximum atomic E-state index is 12.9. The van der Waals surface area contributed by atoms with E-state index in [0.717, 1.165) is 53.6 Å². The fourth-order valence-corrected chi connectivity index (χ4v) is 6.46. The molecule has 3 aliphatic heterocycles. The van der Waals surface area contributed by atoms with E-state index in [-0.39, 0.29) is 18.6 Å². The van der Waals surface area contributed by atoms with Crippen molar-refractivity contribution in [3.05, 3.63) is 94.0 Å². The number of benzene rings is 4. The number of likely N-dealkylation sites (N-methyl/N-ethyl adjacent to an activating group) is 2. The van der Waals surface area contributed by atoms with Crippen LogP contribution in [-0.2, 0) is 25.9 Å². The van der Waals surface area contributed by atoms with Gasteiger partial charge >= 0.3 is 0 Å². The van der Waals surface area contributed by atoms with Gasteiger partial charge in [-0.05, 0) is 91.0 Å². The van der Waals surface area contributed by atoms with Gasteiger partial charge in [-0.15, -0.1) is 0 Å². The summed E-state index contributed by atoms with van der Waals surface area (Å²) in [5.41, 5.74) is 5.72. The highest BCUT2D eigenvalue weighted by Gasteiger charge is 2.36. The van der Waals surface area contributed by atoms with E-state index in [4.69, 9.17) is 23.7 Å². The van der Waals surface area contributed by atoms with E-state index in [1.54, 1.807) is 37.3 Å². The van der Waals surface area contributed by atoms with Crippen LogP contribution in [0.15, 0.2) is 60.7 Å². The number of rotatable bonds is 7. The minimum Gasteiger partial charge on any atom is -0.493 e. The van der Waals surface area contributed by atoms with Crippen LogP contribution < -0.4 is 23.7 Å². The average molecular weight is 609 g/mol. The summed E-state index contributed by atoms with van der Waals surface area (Å²) in [7, 11) is 7.19. The summed E-state index contributed by atoms with van der Waals surface area (Å²) in [6, 6.07) is 19.2. The van der Waals surface area contributed by atoms with Gasteiger partial charge in [0, 0.05) is 37.3 Å². The molecule has 9 heteroatoms. The second kappa shape index (κ2) is 11.6. The molecule has 0 aliphatic carbocycles. The van der Waals surface area contributed by atoms with Crippen LogP contribution >= 0.6 is 0 Å². The van der Waals surface area contributed by atoms with Gasteiger partial charge in [0.25, 0.3) is 5.91 Å². The van der Waals surface area contributed by atoms with Crippen LogP contribution in [0.3, 0.4) is 0 Å². The van der Waals surface area contributed by atoms with Crippen LogP contribution in [0.5, 0.6) is 46.0 Å². The quantitative estimate of drug-likeness (QED) is 0.231. The molecule has 0 saturated carbocycles. The lowest BCUT2D eigenvalue weighted by molar-refractivity contribution is 0.0780. The molecule has 1 N–H and O–H groups in total. The third-order valence-electron chi connectivity index (χ3n) is 9.02. The van der Waals surface area contributed by atoms with Crippen LogP contribution in [0.2, 0.25) is 0 Å². The van der Waals surface area contributed by atoms with Crippen molar-refractivity contribution in [2.45, 2.75) is 31.9 Å². The standard InChI is InChI=1S/C36H36N2O7/c1-37-13-12-24-18-32(42-4)34-35(45-31-19-26-23(17-30(31)44-34)11-14-38(2)36(26)40)33(24)27(37)15-21-5-8-25(9-6-21)43-29-16-22(20-39)7-10-28(29)41-3/h5-10,16-19,27,39H,11-15,20H2,1-4H3. The number of fused-ring (bicyclic) bond motifs is 5. The molecule has 1 atom stereocenters. The molecule has 4 aromatic carbocycles. The Hall–Kier alpha value is -4.73. The number of amides is 1. The Morgan fingerprint density at radius 2 is 1.51 bits per heavy atom. The summed E-state index contributed by atoms with van der Waals surface area (Å²) in [6.07, 6.45) is 2.34. The van der Waals surface area contributed by atoms with Gasteiger partial charge in [-0.1, -0.05) is 18.2 Å². The first-order valence-corrected chi connectivity index (χ1v) is 15.1. The van der Waals surface area contributed by atoms with E-state index in [2.05, 4.69) is 30.1 Å². The number of hydrogen-bond donors (Lipinski definition) is 1. The summed E-state index contributed by atoms with van der Waals surface area (Å²) >= 11 is 0. The lowest BCUT2D eigenvalue weighted by atomic mass is 9.87. The van der Waals surface area contributed by atoms with Crippen molar-refractivity contribution >= 4 is 5.91 Å². The molecule has 4 aromatic rings. The van der Waals surface area contributed by atoms with Gasteiger partial charge in [-0.3, -0.25) is 9.69 Å². The summed E-state index contributed by atoms with van der Waals surface area (Å²) in [5.74, 6) is 4.77. The molecule has 0 fully saturated rings. The largest absolute Gasteiger partial charge is 0.493 e. The monoisotopic (exact) mass is 608 g/mol. The highest BCUT2D eigenvalue weighted by molar-refractivity contribution is 5.97. The van der Waals surface area contributed by atoms with Crippen molar-refractivity contribution in [1.29, 1.82) is 0 Å². The molecule has 3 aliphatic rings. The summed E-state index contributed by atoms with van der Waals surface area (Å²) in [6.45, 7) is 1.47. The van der Waals surface area contributed by atoms with Crippen molar-refractivity contribution in [2.24, 2.45) is 0 Å². The lowest BCUT2D eigenvalue weighted by Gasteiger charge is -2.38. The Bertz CT molecular complexity index is 1790. The molecule has 0 bridgehead atoms. The van der Waals surface area contributed by atoms with Crippen molar-refractivity contribution < 1.29 is 33.6 Å². The minimum absolute atomic E-state index is 0.00861. The predicted octanol–water partition coefficient (Wildman–Crippen LogP) is 6.29. The van der Waals surface area contributed by atoms with Gasteiger partial charge in [0.05, 0.1) is 20.8 Å². The number of carbonyl (C=O) groups excluding carboxylic acids is 1. The molecule has 1 amide bonds. The fourth-order valence-electron chi connectivity index (χ4n) is 6.46. The van der Waals surface area contributed by atoms with Crippen LogP contribution in [-0.4, -0.2) is 62.2 Å². The molecule has 0 radical (unpaired) electrons. The Morgan fingerprint density at radius 3 is 2.27 bits per heavy atom. The molecular formula is C36H36N2O7. The summed E-state index contributed by atoms with van der Waals surface area (Å²) in [5, 5.41) is 9.55. The Kier molecular flexibility index (Phi) is 7.51. The second-order valence-electron chi connectivity index (χ2n) is 11.8. The Labute approximate surface area is 262 Å². The fraction of sp³-hybridized carbons (Fsp3) is 0.306. The van der Waals surface area contributed by atoms with Crippen LogP contribution in [0.25, 0.3) is 0 Å². The van der Waals surface area contributed by atoms with Crippen molar-refractivity contribution in [2.75, 3.05) is 41.4 Å². The van der Waals surface area contributed by atoms with Gasteiger partial charge in [-0.25, -0.2) is 0 Å². The van der Waals surface area contributed by atoms with Gasteiger partial charge in [-0.2, -0.15) is 0 Å². The first kappa shape index (κ1) is 29.0. The minimum atomic E-state index is -0.0801. The molecule has 0 saturated heterocycles. The van der Waals surface area contributed by atoms with Gasteiger partial charge < -0.3 is 33.7 Å². The molecule has 0 spiro atoms. The third-order valence-corrected chi connectivity index (χ3v) is 9.02. The van der Waals surface area contributed by atoms with Gasteiger partial charge in [0.2, 0.25) is 5.75 Å². The maximum absolute atomic E-state index is 12.9. The SMILES string of the molecule is COc1ccc(CO)cc1Oc1ccc(CC2c3c(cc(OC)c4c3Oc3cc5c(cc3O4)CCN(C)C5=O)CCN2C)cc1. The molecule has 45 heavy (non-hydrogen) atoms. The first-order chi connectivity index (χ1) is 21.9. The molecular weight excluding hydrogens is 572 g/mol. The Balaban J connectivity index is 1.20. The predicted molar refractivity (Wildman–Crippen MR) is 168 cm³/mol. The van der Waals surface area contributed by atoms with Crippen LogP contribution in [0.1, 0.15) is 44.2 Å². The van der Waals surface area contributed by atoms with Gasteiger partial charge in [0.1, 0.15) is 5.75 Å². The molecule has 232 valence electrons. The second-order valence-corrected chi connectivity index (χ2v) is 11.8. The number of ether oxygens (including phenoxy) is 5. The van der Waals surface area contributed by atoms with Gasteiger partial charge in [0.15, 0.2) is 34.5 Å². The molecule has 9 nitrogen and oxygen atoms in total. The maximum Gasteiger partial charge on any atom is 0.254 e. The van der Waals surface area contributed by atoms with Crippen molar-refractivity contribution in [1.82, 2.24) is 9.80 Å². The number of methoxy groups -OCH3 is 2. The van der Waals surface area contributed by atoms with E-state index in [1.165, 1.54) is 0 Å². The zero-order chi connectivity index (χ0) is 31.2. The average Bonchev–Trinajstić information content (AvgIpc) is 3.06. The number of hydrogen-bond acceptors (Lipinski definition) is 8. The number of carbonyl (C=O) groups is 1. The summed E-state index contributed by atoms with van der Waals surface area (Å²) in [4.78, 5) is 17.0. The number of nitrogens with zero attached hydrogens (tertiary/aromatic N) is 2. The lowest BCUT2D eigenvalue weighted by Crippen LogP contribution is -2.34. The molecule has 0 aromatic heterocycles. The molecule has 3 heterocycles. The zero-order valence-electron chi connectivity index (χ0n) is 25.9. The van der Waals surface area contributed by atoms with Crippen molar-refractivity contribution in [3.8, 4) is 46.0 Å². The normalized spacial score (nSPS) is 16.9.